The highest BCUT2D eigenvalue weighted by molar-refractivity contribution is 5.85. The Hall–Kier alpha value is -2.19. The second-order valence-corrected chi connectivity index (χ2v) is 5.35. The van der Waals surface area contributed by atoms with E-state index in [-0.39, 0.29) is 6.04 Å². The van der Waals surface area contributed by atoms with Gasteiger partial charge in [0.2, 0.25) is 0 Å². The standard InChI is InChI=1S/C19H20N2/c1-3-21-19(15-9-6-7-14(2)11-15)18-13-20-12-16-8-4-5-10-17(16)18/h4-13,19,21H,3H2,1-2H3. The van der Waals surface area contributed by atoms with Crippen LogP contribution in [-0.2, 0) is 0 Å². The third-order valence-electron chi connectivity index (χ3n) is 3.79. The molecule has 1 unspecified atom stereocenters. The van der Waals surface area contributed by atoms with Gasteiger partial charge in [-0.15, -0.1) is 0 Å². The average molecular weight is 276 g/mol. The van der Waals surface area contributed by atoms with Gasteiger partial charge >= 0.3 is 0 Å². The van der Waals surface area contributed by atoms with Crippen LogP contribution in [0, 0.1) is 6.92 Å². The highest BCUT2D eigenvalue weighted by atomic mass is 14.9. The lowest BCUT2D eigenvalue weighted by Gasteiger charge is -2.20. The normalized spacial score (nSPS) is 12.5. The van der Waals surface area contributed by atoms with Crippen molar-refractivity contribution in [1.82, 2.24) is 10.3 Å². The molecule has 1 atom stereocenters. The van der Waals surface area contributed by atoms with Crippen molar-refractivity contribution in [2.75, 3.05) is 6.54 Å². The lowest BCUT2D eigenvalue weighted by molar-refractivity contribution is 0.632. The van der Waals surface area contributed by atoms with Crippen molar-refractivity contribution in [3.63, 3.8) is 0 Å². The summed E-state index contributed by atoms with van der Waals surface area (Å²) in [6.07, 6.45) is 3.91. The highest BCUT2D eigenvalue weighted by Crippen LogP contribution is 2.28. The molecule has 0 aliphatic heterocycles. The monoisotopic (exact) mass is 276 g/mol. The maximum atomic E-state index is 4.42. The van der Waals surface area contributed by atoms with Gasteiger partial charge in [0.25, 0.3) is 0 Å². The predicted octanol–water partition coefficient (Wildman–Crippen LogP) is 4.24. The quantitative estimate of drug-likeness (QED) is 0.771. The summed E-state index contributed by atoms with van der Waals surface area (Å²) in [5.41, 5.74) is 3.80. The largest absolute Gasteiger partial charge is 0.306 e. The van der Waals surface area contributed by atoms with Gasteiger partial charge < -0.3 is 5.32 Å². The number of rotatable bonds is 4. The first-order valence-electron chi connectivity index (χ1n) is 7.42. The zero-order chi connectivity index (χ0) is 14.7. The second-order valence-electron chi connectivity index (χ2n) is 5.35. The van der Waals surface area contributed by atoms with E-state index in [1.165, 1.54) is 27.5 Å². The molecule has 0 bridgehead atoms. The summed E-state index contributed by atoms with van der Waals surface area (Å²) < 4.78 is 0. The van der Waals surface area contributed by atoms with Crippen LogP contribution >= 0.6 is 0 Å². The van der Waals surface area contributed by atoms with Crippen LogP contribution in [0.5, 0.6) is 0 Å². The lowest BCUT2D eigenvalue weighted by atomic mass is 9.95. The molecule has 0 radical (unpaired) electrons. The first kappa shape index (κ1) is 13.8. The van der Waals surface area contributed by atoms with E-state index in [1.807, 2.05) is 12.4 Å². The Morgan fingerprint density at radius 2 is 1.90 bits per heavy atom. The highest BCUT2D eigenvalue weighted by Gasteiger charge is 2.16. The second kappa shape index (κ2) is 6.06. The van der Waals surface area contributed by atoms with Gasteiger partial charge in [-0.25, -0.2) is 0 Å². The summed E-state index contributed by atoms with van der Waals surface area (Å²) in [6, 6.07) is 17.3. The van der Waals surface area contributed by atoms with Gasteiger partial charge in [0.1, 0.15) is 0 Å². The number of hydrogen-bond acceptors (Lipinski definition) is 2. The summed E-state index contributed by atoms with van der Waals surface area (Å²) >= 11 is 0. The van der Waals surface area contributed by atoms with Gasteiger partial charge in [-0.1, -0.05) is 61.0 Å². The maximum absolute atomic E-state index is 4.42. The molecule has 2 aromatic carbocycles. The minimum absolute atomic E-state index is 0.175. The van der Waals surface area contributed by atoms with Crippen LogP contribution < -0.4 is 5.32 Å². The SMILES string of the molecule is CCNC(c1cccc(C)c1)c1cncc2ccccc12. The third kappa shape index (κ3) is 2.81. The van der Waals surface area contributed by atoms with Crippen LogP contribution in [0.25, 0.3) is 10.8 Å². The van der Waals surface area contributed by atoms with Crippen molar-refractivity contribution in [2.24, 2.45) is 0 Å². The Kier molecular flexibility index (Phi) is 3.98. The lowest BCUT2D eigenvalue weighted by Crippen LogP contribution is -2.22. The van der Waals surface area contributed by atoms with Crippen LogP contribution in [0.15, 0.2) is 60.9 Å². The fourth-order valence-corrected chi connectivity index (χ4v) is 2.83. The number of benzene rings is 2. The Labute approximate surface area is 125 Å². The molecular weight excluding hydrogens is 256 g/mol. The molecule has 2 nitrogen and oxygen atoms in total. The van der Waals surface area contributed by atoms with Crippen LogP contribution in [-0.4, -0.2) is 11.5 Å². The number of nitrogens with one attached hydrogen (secondary N) is 1. The summed E-state index contributed by atoms with van der Waals surface area (Å²) in [6.45, 7) is 5.19. The summed E-state index contributed by atoms with van der Waals surface area (Å²) in [5, 5.41) is 6.04. The Balaban J connectivity index is 2.16. The molecule has 3 rings (SSSR count). The summed E-state index contributed by atoms with van der Waals surface area (Å²) in [7, 11) is 0. The molecule has 0 aliphatic carbocycles. The van der Waals surface area contributed by atoms with Crippen molar-refractivity contribution in [3.8, 4) is 0 Å². The minimum Gasteiger partial charge on any atom is -0.306 e. The Morgan fingerprint density at radius 1 is 1.05 bits per heavy atom. The van der Waals surface area contributed by atoms with E-state index in [0.29, 0.717) is 0 Å². The van der Waals surface area contributed by atoms with Crippen LogP contribution in [0.3, 0.4) is 0 Å². The molecule has 2 heteroatoms. The average Bonchev–Trinajstić information content (AvgIpc) is 2.52. The van der Waals surface area contributed by atoms with Gasteiger partial charge in [0.05, 0.1) is 6.04 Å². The van der Waals surface area contributed by atoms with Crippen LogP contribution in [0.2, 0.25) is 0 Å². The van der Waals surface area contributed by atoms with Crippen molar-refractivity contribution >= 4 is 10.8 Å². The fraction of sp³-hybridized carbons (Fsp3) is 0.211. The van der Waals surface area contributed by atoms with Gasteiger partial charge in [-0.3, -0.25) is 4.98 Å². The summed E-state index contributed by atoms with van der Waals surface area (Å²) in [5.74, 6) is 0. The molecule has 0 amide bonds. The van der Waals surface area contributed by atoms with Gasteiger partial charge in [-0.05, 0) is 30.0 Å². The first-order chi connectivity index (χ1) is 10.3. The van der Waals surface area contributed by atoms with E-state index in [9.17, 15) is 0 Å². The van der Waals surface area contributed by atoms with Crippen molar-refractivity contribution in [2.45, 2.75) is 19.9 Å². The molecule has 1 heterocycles. The maximum Gasteiger partial charge on any atom is 0.0598 e. The molecule has 1 N–H and O–H groups in total. The Bertz CT molecular complexity index is 744. The topological polar surface area (TPSA) is 24.9 Å². The van der Waals surface area contributed by atoms with E-state index in [0.717, 1.165) is 6.54 Å². The molecule has 0 fully saturated rings. The molecule has 106 valence electrons. The van der Waals surface area contributed by atoms with E-state index < -0.39 is 0 Å². The van der Waals surface area contributed by atoms with E-state index in [1.54, 1.807) is 0 Å². The van der Waals surface area contributed by atoms with Crippen LogP contribution in [0.1, 0.15) is 29.7 Å². The molecule has 0 spiro atoms. The van der Waals surface area contributed by atoms with E-state index in [2.05, 4.69) is 72.7 Å². The van der Waals surface area contributed by atoms with Crippen molar-refractivity contribution < 1.29 is 0 Å². The third-order valence-corrected chi connectivity index (χ3v) is 3.79. The number of aromatic nitrogens is 1. The molecule has 3 aromatic rings. The van der Waals surface area contributed by atoms with Crippen molar-refractivity contribution in [1.29, 1.82) is 0 Å². The Morgan fingerprint density at radius 3 is 2.71 bits per heavy atom. The molecular formula is C19H20N2. The fourth-order valence-electron chi connectivity index (χ4n) is 2.83. The number of aryl methyl sites for hydroxylation is 1. The van der Waals surface area contributed by atoms with Crippen LogP contribution in [0.4, 0.5) is 0 Å². The molecule has 0 saturated heterocycles. The predicted molar refractivity (Wildman–Crippen MR) is 88.4 cm³/mol. The first-order valence-corrected chi connectivity index (χ1v) is 7.42. The number of fused-ring (bicyclic) bond motifs is 1. The number of pyridine rings is 1. The molecule has 21 heavy (non-hydrogen) atoms. The summed E-state index contributed by atoms with van der Waals surface area (Å²) in [4.78, 5) is 4.42. The van der Waals surface area contributed by atoms with E-state index in [4.69, 9.17) is 0 Å². The van der Waals surface area contributed by atoms with Crippen molar-refractivity contribution in [3.05, 3.63) is 77.6 Å². The molecule has 1 aromatic heterocycles. The molecule has 0 saturated carbocycles. The number of nitrogens with zero attached hydrogens (tertiary/aromatic N) is 1. The van der Waals surface area contributed by atoms with E-state index >= 15 is 0 Å². The van der Waals surface area contributed by atoms with Gasteiger partial charge in [-0.2, -0.15) is 0 Å². The number of hydrogen-bond donors (Lipinski definition) is 1. The molecule has 0 aliphatic rings. The smallest absolute Gasteiger partial charge is 0.0598 e. The zero-order valence-corrected chi connectivity index (χ0v) is 12.5. The minimum atomic E-state index is 0.175. The zero-order valence-electron chi connectivity index (χ0n) is 12.5. The van der Waals surface area contributed by atoms with Gasteiger partial charge in [0, 0.05) is 17.8 Å². The van der Waals surface area contributed by atoms with Gasteiger partial charge in [0.15, 0.2) is 0 Å².